The van der Waals surface area contributed by atoms with E-state index in [1.54, 1.807) is 36.4 Å². The Balaban J connectivity index is 1.88. The average molecular weight is 475 g/mol. The van der Waals surface area contributed by atoms with Gasteiger partial charge in [0.05, 0.1) is 16.7 Å². The van der Waals surface area contributed by atoms with Crippen LogP contribution in [-0.2, 0) is 0 Å². The molecule has 0 fully saturated rings. The molecule has 0 aromatic heterocycles. The van der Waals surface area contributed by atoms with E-state index < -0.39 is 34.1 Å². The molecule has 0 heterocycles. The summed E-state index contributed by atoms with van der Waals surface area (Å²) >= 11 is 0. The summed E-state index contributed by atoms with van der Waals surface area (Å²) < 4.78 is 46.1. The van der Waals surface area contributed by atoms with Crippen molar-refractivity contribution in [3.05, 3.63) is 140 Å². The van der Waals surface area contributed by atoms with Crippen LogP contribution in [0.4, 0.5) is 13.2 Å². The highest BCUT2D eigenvalue weighted by atomic mass is 19.1. The molecule has 4 aromatic rings. The summed E-state index contributed by atoms with van der Waals surface area (Å²) in [4.78, 5) is 0. The molecule has 0 spiro atoms. The van der Waals surface area contributed by atoms with Crippen molar-refractivity contribution >= 4 is 0 Å². The van der Waals surface area contributed by atoms with Crippen LogP contribution in [0.3, 0.4) is 0 Å². The van der Waals surface area contributed by atoms with Gasteiger partial charge in [0, 0.05) is 16.7 Å². The molecule has 36 heavy (non-hydrogen) atoms. The zero-order chi connectivity index (χ0) is 25.7. The Morgan fingerprint density at radius 3 is 0.806 bits per heavy atom. The van der Waals surface area contributed by atoms with Crippen molar-refractivity contribution in [3.8, 4) is 35.5 Å². The minimum absolute atomic E-state index is 0.571. The normalized spacial score (nSPS) is 9.83. The second-order valence-corrected chi connectivity index (χ2v) is 8.42. The van der Waals surface area contributed by atoms with E-state index in [4.69, 9.17) is 0 Å². The lowest BCUT2D eigenvalue weighted by Crippen LogP contribution is -2.04. The standard InChI is InChI=1S/C33H21F3/c1-22-4-10-25(11-5-22)16-19-28-31(34)29(20-17-26-12-6-23(2)7-13-26)33(36)30(32(28)35)21-18-27-14-8-24(3)9-15-27/h4-15H,1-3H3. The van der Waals surface area contributed by atoms with Crippen LogP contribution in [-0.4, -0.2) is 0 Å². The van der Waals surface area contributed by atoms with E-state index in [9.17, 15) is 0 Å². The van der Waals surface area contributed by atoms with Gasteiger partial charge in [0.15, 0.2) is 17.5 Å². The second-order valence-electron chi connectivity index (χ2n) is 8.42. The first kappa shape index (κ1) is 24.5. The van der Waals surface area contributed by atoms with Gasteiger partial charge < -0.3 is 0 Å². The zero-order valence-corrected chi connectivity index (χ0v) is 20.1. The molecular formula is C33H21F3. The second kappa shape index (κ2) is 10.7. The van der Waals surface area contributed by atoms with Crippen LogP contribution in [0.15, 0.2) is 72.8 Å². The number of rotatable bonds is 0. The molecule has 3 heteroatoms. The quantitative estimate of drug-likeness (QED) is 0.236. The lowest BCUT2D eigenvalue weighted by Gasteiger charge is -2.06. The number of aryl methyl sites for hydroxylation is 3. The minimum atomic E-state index is -1.15. The van der Waals surface area contributed by atoms with Gasteiger partial charge in [-0.3, -0.25) is 0 Å². The summed E-state index contributed by atoms with van der Waals surface area (Å²) in [5.74, 6) is 12.4. The van der Waals surface area contributed by atoms with Gasteiger partial charge in [-0.25, -0.2) is 13.2 Å². The fraction of sp³-hybridized carbons (Fsp3) is 0.0909. The van der Waals surface area contributed by atoms with E-state index in [0.717, 1.165) is 16.7 Å². The van der Waals surface area contributed by atoms with E-state index in [0.29, 0.717) is 16.7 Å². The third kappa shape index (κ3) is 5.70. The topological polar surface area (TPSA) is 0 Å². The Morgan fingerprint density at radius 1 is 0.361 bits per heavy atom. The highest BCUT2D eigenvalue weighted by Gasteiger charge is 2.22. The van der Waals surface area contributed by atoms with Crippen molar-refractivity contribution in [1.29, 1.82) is 0 Å². The smallest absolute Gasteiger partial charge is 0.160 e. The maximum atomic E-state index is 15.4. The van der Waals surface area contributed by atoms with Crippen LogP contribution in [0.25, 0.3) is 0 Å². The van der Waals surface area contributed by atoms with Gasteiger partial charge in [0.2, 0.25) is 0 Å². The lowest BCUT2D eigenvalue weighted by molar-refractivity contribution is 0.531. The highest BCUT2D eigenvalue weighted by Crippen LogP contribution is 2.24. The van der Waals surface area contributed by atoms with E-state index in [2.05, 4.69) is 35.5 Å². The summed E-state index contributed by atoms with van der Waals surface area (Å²) in [5.41, 5.74) is 3.09. The maximum Gasteiger partial charge on any atom is 0.160 e. The molecule has 0 saturated heterocycles. The van der Waals surface area contributed by atoms with E-state index in [1.807, 2.05) is 57.2 Å². The molecule has 174 valence electrons. The third-order valence-corrected chi connectivity index (χ3v) is 5.47. The number of hydrogen-bond acceptors (Lipinski definition) is 0. The Hall–Kier alpha value is -4.65. The monoisotopic (exact) mass is 474 g/mol. The Bertz CT molecular complexity index is 1390. The van der Waals surface area contributed by atoms with Crippen molar-refractivity contribution in [1.82, 2.24) is 0 Å². The first-order valence-electron chi connectivity index (χ1n) is 11.3. The van der Waals surface area contributed by atoms with E-state index >= 15 is 13.2 Å². The highest BCUT2D eigenvalue weighted by molar-refractivity contribution is 5.58. The molecule has 0 N–H and O–H groups in total. The SMILES string of the molecule is Cc1ccc(C#Cc2c(F)c(C#Cc3ccc(C)cc3)c(F)c(C#Cc3ccc(C)cc3)c2F)cc1. The number of benzene rings is 4. The summed E-state index contributed by atoms with van der Waals surface area (Å²) in [5, 5.41) is 0. The molecule has 0 radical (unpaired) electrons. The largest absolute Gasteiger partial charge is 0.204 e. The predicted octanol–water partition coefficient (Wildman–Crippen LogP) is 7.23. The van der Waals surface area contributed by atoms with Crippen LogP contribution < -0.4 is 0 Å². The van der Waals surface area contributed by atoms with Gasteiger partial charge in [-0.15, -0.1) is 0 Å². The molecule has 0 aliphatic carbocycles. The zero-order valence-electron chi connectivity index (χ0n) is 20.1. The van der Waals surface area contributed by atoms with Crippen LogP contribution in [0.2, 0.25) is 0 Å². The minimum Gasteiger partial charge on any atom is -0.204 e. The molecule has 0 atom stereocenters. The molecule has 4 aromatic carbocycles. The van der Waals surface area contributed by atoms with Crippen LogP contribution >= 0.6 is 0 Å². The van der Waals surface area contributed by atoms with Crippen LogP contribution in [0.1, 0.15) is 50.1 Å². The average Bonchev–Trinajstić information content (AvgIpc) is 2.87. The number of halogens is 3. The first-order chi connectivity index (χ1) is 17.3. The maximum absolute atomic E-state index is 15.4. The molecule has 0 nitrogen and oxygen atoms in total. The Morgan fingerprint density at radius 2 is 0.583 bits per heavy atom. The summed E-state index contributed by atoms with van der Waals surface area (Å²) in [6, 6.07) is 21.6. The molecule has 0 saturated carbocycles. The molecule has 0 amide bonds. The van der Waals surface area contributed by atoms with Gasteiger partial charge in [-0.2, -0.15) is 0 Å². The third-order valence-electron chi connectivity index (χ3n) is 5.47. The van der Waals surface area contributed by atoms with Gasteiger partial charge in [-0.05, 0) is 57.2 Å². The van der Waals surface area contributed by atoms with Crippen molar-refractivity contribution in [2.24, 2.45) is 0 Å². The molecule has 0 unspecified atom stereocenters. The lowest BCUT2D eigenvalue weighted by atomic mass is 10.0. The van der Waals surface area contributed by atoms with Gasteiger partial charge in [-0.1, -0.05) is 88.6 Å². The van der Waals surface area contributed by atoms with Crippen molar-refractivity contribution in [2.45, 2.75) is 20.8 Å². The van der Waals surface area contributed by atoms with Gasteiger partial charge in [0.25, 0.3) is 0 Å². The summed E-state index contributed by atoms with van der Waals surface area (Å²) in [7, 11) is 0. The molecule has 4 rings (SSSR count). The molecule has 0 bridgehead atoms. The van der Waals surface area contributed by atoms with Gasteiger partial charge in [0.1, 0.15) is 0 Å². The molecule has 0 aliphatic rings. The van der Waals surface area contributed by atoms with Crippen molar-refractivity contribution in [3.63, 3.8) is 0 Å². The fourth-order valence-electron chi connectivity index (χ4n) is 3.31. The van der Waals surface area contributed by atoms with Crippen molar-refractivity contribution in [2.75, 3.05) is 0 Å². The first-order valence-corrected chi connectivity index (χ1v) is 11.3. The molecular weight excluding hydrogens is 453 g/mol. The Kier molecular flexibility index (Phi) is 7.30. The van der Waals surface area contributed by atoms with Crippen LogP contribution in [0.5, 0.6) is 0 Å². The summed E-state index contributed by atoms with van der Waals surface area (Å²) in [6.45, 7) is 5.78. The van der Waals surface area contributed by atoms with Crippen molar-refractivity contribution < 1.29 is 13.2 Å². The number of hydrogen-bond donors (Lipinski definition) is 0. The molecule has 0 aliphatic heterocycles. The van der Waals surface area contributed by atoms with Gasteiger partial charge >= 0.3 is 0 Å². The summed E-state index contributed by atoms with van der Waals surface area (Å²) in [6.07, 6.45) is 0. The van der Waals surface area contributed by atoms with E-state index in [1.165, 1.54) is 0 Å². The van der Waals surface area contributed by atoms with E-state index in [-0.39, 0.29) is 0 Å². The predicted molar refractivity (Wildman–Crippen MR) is 138 cm³/mol. The fourth-order valence-corrected chi connectivity index (χ4v) is 3.31. The van der Waals surface area contributed by atoms with Crippen LogP contribution in [0, 0.1) is 73.7 Å². The Labute approximate surface area is 209 Å².